The molecule has 2 heterocycles. The van der Waals surface area contributed by atoms with Crippen molar-refractivity contribution in [3.05, 3.63) is 48.3 Å². The predicted octanol–water partition coefficient (Wildman–Crippen LogP) is 3.55. The summed E-state index contributed by atoms with van der Waals surface area (Å²) >= 11 is 0. The predicted molar refractivity (Wildman–Crippen MR) is 94.0 cm³/mol. The van der Waals surface area contributed by atoms with Crippen LogP contribution in [0.2, 0.25) is 0 Å². The smallest absolute Gasteiger partial charge is 0.232 e. The van der Waals surface area contributed by atoms with E-state index in [1.54, 1.807) is 19.2 Å². The Morgan fingerprint density at radius 3 is 2.70 bits per heavy atom. The van der Waals surface area contributed by atoms with Crippen molar-refractivity contribution in [2.24, 2.45) is 0 Å². The minimum absolute atomic E-state index is 0.0601. The number of pyridine rings is 1. The normalized spacial score (nSPS) is 11.7. The molecule has 5 nitrogen and oxygen atoms in total. The van der Waals surface area contributed by atoms with Gasteiger partial charge in [0.1, 0.15) is 5.65 Å². The molecule has 0 aliphatic heterocycles. The Labute approximate surface area is 135 Å². The maximum atomic E-state index is 11.7. The fourth-order valence-electron chi connectivity index (χ4n) is 2.66. The van der Waals surface area contributed by atoms with E-state index in [1.165, 1.54) is 0 Å². The topological polar surface area (TPSA) is 74.8 Å². The minimum Gasteiger partial charge on any atom is -0.346 e. The first-order valence-electron chi connectivity index (χ1n) is 7.60. The van der Waals surface area contributed by atoms with Gasteiger partial charge >= 0.3 is 0 Å². The zero-order chi connectivity index (χ0) is 16.4. The second-order valence-electron chi connectivity index (χ2n) is 5.33. The third-order valence-electron chi connectivity index (χ3n) is 3.89. The van der Waals surface area contributed by atoms with Crippen molar-refractivity contribution < 1.29 is 8.42 Å². The lowest BCUT2D eigenvalue weighted by atomic mass is 9.96. The fraction of sp³-hybridized carbons (Fsp3) is 0.235. The number of sulfonamides is 1. The molecular formula is C17H19N3O2S. The van der Waals surface area contributed by atoms with Crippen molar-refractivity contribution in [2.45, 2.75) is 20.3 Å². The van der Waals surface area contributed by atoms with Gasteiger partial charge in [-0.2, -0.15) is 0 Å². The Morgan fingerprint density at radius 1 is 1.13 bits per heavy atom. The van der Waals surface area contributed by atoms with Crippen molar-refractivity contribution >= 4 is 26.7 Å². The molecule has 2 N–H and O–H groups in total. The number of hydrogen-bond donors (Lipinski definition) is 2. The molecule has 0 aliphatic carbocycles. The van der Waals surface area contributed by atoms with Crippen LogP contribution in [0.4, 0.5) is 5.69 Å². The molecule has 0 fully saturated rings. The molecule has 3 rings (SSSR count). The number of hydrogen-bond acceptors (Lipinski definition) is 3. The lowest BCUT2D eigenvalue weighted by Crippen LogP contribution is -2.14. The number of nitrogens with zero attached hydrogens (tertiary/aromatic N) is 1. The van der Waals surface area contributed by atoms with Crippen molar-refractivity contribution in [2.75, 3.05) is 10.5 Å². The quantitative estimate of drug-likeness (QED) is 0.751. The monoisotopic (exact) mass is 329 g/mol. The molecule has 0 atom stereocenters. The Kier molecular flexibility index (Phi) is 4.09. The number of H-pyrrole nitrogens is 1. The molecule has 120 valence electrons. The van der Waals surface area contributed by atoms with Crippen molar-refractivity contribution in [3.8, 4) is 11.1 Å². The summed E-state index contributed by atoms with van der Waals surface area (Å²) < 4.78 is 26.1. The number of anilines is 1. The molecule has 3 aromatic rings. The molecule has 6 heteroatoms. The molecule has 0 radical (unpaired) electrons. The van der Waals surface area contributed by atoms with Crippen LogP contribution in [0.1, 0.15) is 19.4 Å². The van der Waals surface area contributed by atoms with Gasteiger partial charge in [-0.25, -0.2) is 13.4 Å². The summed E-state index contributed by atoms with van der Waals surface area (Å²) in [6, 6.07) is 9.67. The molecule has 0 aliphatic rings. The van der Waals surface area contributed by atoms with Crippen molar-refractivity contribution in [1.82, 2.24) is 9.97 Å². The largest absolute Gasteiger partial charge is 0.346 e. The Bertz CT molecular complexity index is 945. The summed E-state index contributed by atoms with van der Waals surface area (Å²) in [4.78, 5) is 7.43. The van der Waals surface area contributed by atoms with Gasteiger partial charge in [-0.15, -0.1) is 0 Å². The van der Waals surface area contributed by atoms with E-state index < -0.39 is 10.0 Å². The Hall–Kier alpha value is -2.34. The summed E-state index contributed by atoms with van der Waals surface area (Å²) in [7, 11) is -3.27. The zero-order valence-electron chi connectivity index (χ0n) is 13.1. The summed E-state index contributed by atoms with van der Waals surface area (Å²) in [5.74, 6) is 0.0601. The van der Waals surface area contributed by atoms with Gasteiger partial charge in [-0.05, 0) is 54.3 Å². The van der Waals surface area contributed by atoms with E-state index >= 15 is 0 Å². The van der Waals surface area contributed by atoms with E-state index in [4.69, 9.17) is 0 Å². The van der Waals surface area contributed by atoms with Crippen molar-refractivity contribution in [3.63, 3.8) is 0 Å². The molecule has 0 amide bonds. The lowest BCUT2D eigenvalue weighted by Gasteiger charge is -2.13. The third kappa shape index (κ3) is 3.07. The first-order valence-corrected chi connectivity index (χ1v) is 9.25. The van der Waals surface area contributed by atoms with E-state index in [9.17, 15) is 8.42 Å². The van der Waals surface area contributed by atoms with Crippen LogP contribution < -0.4 is 4.72 Å². The second kappa shape index (κ2) is 6.04. The first kappa shape index (κ1) is 15.6. The highest BCUT2D eigenvalue weighted by atomic mass is 32.2. The Morgan fingerprint density at radius 2 is 1.96 bits per heavy atom. The number of nitrogens with one attached hydrogen (secondary N) is 2. The number of fused-ring (bicyclic) bond motifs is 1. The van der Waals surface area contributed by atoms with Gasteiger partial charge in [-0.1, -0.05) is 13.0 Å². The molecule has 2 aromatic heterocycles. The standard InChI is InChI=1S/C17H19N3O2S/c1-3-12-11-13(20-23(21,22)4-2)5-6-14(12)15-7-9-18-17-16(15)8-10-19-17/h5-11,20H,3-4H2,1-2H3,(H,18,19). The maximum absolute atomic E-state index is 11.7. The average Bonchev–Trinajstić information content (AvgIpc) is 3.03. The highest BCUT2D eigenvalue weighted by Gasteiger charge is 2.12. The highest BCUT2D eigenvalue weighted by molar-refractivity contribution is 7.92. The molecule has 0 saturated carbocycles. The lowest BCUT2D eigenvalue weighted by molar-refractivity contribution is 0.602. The SMILES string of the molecule is CCc1cc(NS(=O)(=O)CC)ccc1-c1ccnc2[nH]ccc12. The van der Waals surface area contributed by atoms with Gasteiger partial charge in [0.15, 0.2) is 0 Å². The summed E-state index contributed by atoms with van der Waals surface area (Å²) in [6.45, 7) is 3.68. The van der Waals surface area contributed by atoms with Crippen LogP contribution in [0.5, 0.6) is 0 Å². The van der Waals surface area contributed by atoms with Gasteiger partial charge in [0.2, 0.25) is 10.0 Å². The van der Waals surface area contributed by atoms with Gasteiger partial charge in [-0.3, -0.25) is 4.72 Å². The van der Waals surface area contributed by atoms with Crippen molar-refractivity contribution in [1.29, 1.82) is 0 Å². The van der Waals surface area contributed by atoms with E-state index in [0.717, 1.165) is 34.1 Å². The van der Waals surface area contributed by atoms with E-state index in [-0.39, 0.29) is 5.75 Å². The molecule has 0 unspecified atom stereocenters. The van der Waals surface area contributed by atoms with Gasteiger partial charge in [0, 0.05) is 23.5 Å². The highest BCUT2D eigenvalue weighted by Crippen LogP contribution is 2.31. The maximum Gasteiger partial charge on any atom is 0.232 e. The van der Waals surface area contributed by atoms with E-state index in [1.807, 2.05) is 30.5 Å². The van der Waals surface area contributed by atoms with Crippen LogP contribution in [0, 0.1) is 0 Å². The molecule has 0 spiro atoms. The summed E-state index contributed by atoms with van der Waals surface area (Å²) in [5.41, 5.74) is 4.74. The Balaban J connectivity index is 2.09. The number of aromatic amines is 1. The summed E-state index contributed by atoms with van der Waals surface area (Å²) in [5, 5.41) is 1.06. The van der Waals surface area contributed by atoms with Crippen LogP contribution in [-0.2, 0) is 16.4 Å². The van der Waals surface area contributed by atoms with Gasteiger partial charge in [0.25, 0.3) is 0 Å². The minimum atomic E-state index is -3.27. The molecule has 0 bridgehead atoms. The fourth-order valence-corrected chi connectivity index (χ4v) is 3.29. The average molecular weight is 329 g/mol. The first-order chi connectivity index (χ1) is 11.0. The van der Waals surface area contributed by atoms with Gasteiger partial charge in [0.05, 0.1) is 5.75 Å². The second-order valence-corrected chi connectivity index (χ2v) is 7.34. The third-order valence-corrected chi connectivity index (χ3v) is 5.20. The van der Waals surface area contributed by atoms with Crippen LogP contribution >= 0.6 is 0 Å². The molecule has 0 saturated heterocycles. The number of aromatic nitrogens is 2. The van der Waals surface area contributed by atoms with Gasteiger partial charge < -0.3 is 4.98 Å². The molecule has 23 heavy (non-hydrogen) atoms. The zero-order valence-corrected chi connectivity index (χ0v) is 13.9. The van der Waals surface area contributed by atoms with Crippen LogP contribution in [0.15, 0.2) is 42.7 Å². The molecular weight excluding hydrogens is 310 g/mol. The van der Waals surface area contributed by atoms with Crippen LogP contribution in [0.25, 0.3) is 22.2 Å². The summed E-state index contributed by atoms with van der Waals surface area (Å²) in [6.07, 6.45) is 4.46. The number of aryl methyl sites for hydroxylation is 1. The van der Waals surface area contributed by atoms with Crippen LogP contribution in [-0.4, -0.2) is 24.1 Å². The number of rotatable bonds is 5. The number of benzene rings is 1. The van der Waals surface area contributed by atoms with E-state index in [0.29, 0.717) is 5.69 Å². The van der Waals surface area contributed by atoms with Crippen LogP contribution in [0.3, 0.4) is 0 Å². The molecule has 1 aromatic carbocycles. The van der Waals surface area contributed by atoms with E-state index in [2.05, 4.69) is 21.6 Å².